The molecule has 0 N–H and O–H groups in total. The fourth-order valence-corrected chi connectivity index (χ4v) is 4.60. The van der Waals surface area contributed by atoms with Crippen LogP contribution in [0.4, 0.5) is 0 Å². The molecule has 1 aliphatic heterocycles. The molecular formula is C13H16O3. The van der Waals surface area contributed by atoms with Gasteiger partial charge in [0.2, 0.25) is 0 Å². The smallest absolute Gasteiger partial charge is 0.330 e. The van der Waals surface area contributed by atoms with Gasteiger partial charge in [0.15, 0.2) is 0 Å². The maximum Gasteiger partial charge on any atom is 0.330 e. The summed E-state index contributed by atoms with van der Waals surface area (Å²) in [6.45, 7) is 3.46. The van der Waals surface area contributed by atoms with Crippen LogP contribution >= 0.6 is 0 Å². The molecule has 3 saturated carbocycles. The molecule has 4 rings (SSSR count). The number of ether oxygens (including phenoxy) is 2. The van der Waals surface area contributed by atoms with E-state index in [2.05, 4.69) is 6.58 Å². The first-order valence-corrected chi connectivity index (χ1v) is 6.26. The highest BCUT2D eigenvalue weighted by molar-refractivity contribution is 5.81. The lowest BCUT2D eigenvalue weighted by Gasteiger charge is -2.32. The average Bonchev–Trinajstić information content (AvgIpc) is 2.68. The number of hydrogen-bond acceptors (Lipinski definition) is 3. The molecule has 0 aromatic carbocycles. The fraction of sp³-hybridized carbons (Fsp3) is 0.769. The van der Waals surface area contributed by atoms with Gasteiger partial charge < -0.3 is 9.47 Å². The minimum Gasteiger partial charge on any atom is -0.459 e. The third kappa shape index (κ3) is 1.05. The molecule has 3 nitrogen and oxygen atoms in total. The second-order valence-corrected chi connectivity index (χ2v) is 5.69. The van der Waals surface area contributed by atoms with E-state index in [1.165, 1.54) is 18.9 Å². The number of epoxide rings is 1. The highest BCUT2D eigenvalue weighted by Gasteiger charge is 2.67. The van der Waals surface area contributed by atoms with Crippen LogP contribution in [-0.4, -0.2) is 24.3 Å². The van der Waals surface area contributed by atoms with Crippen LogP contribution in [0.15, 0.2) is 12.7 Å². The van der Waals surface area contributed by atoms with E-state index in [0.717, 1.165) is 24.2 Å². The van der Waals surface area contributed by atoms with E-state index in [-0.39, 0.29) is 12.1 Å². The molecule has 6 unspecified atom stereocenters. The molecule has 0 aromatic rings. The Morgan fingerprint density at radius 1 is 1.31 bits per heavy atom. The molecule has 2 bridgehead atoms. The Morgan fingerprint density at radius 2 is 2.19 bits per heavy atom. The molecule has 16 heavy (non-hydrogen) atoms. The number of fused-ring (bicyclic) bond motifs is 7. The van der Waals surface area contributed by atoms with Gasteiger partial charge in [-0.15, -0.1) is 0 Å². The molecule has 3 aliphatic carbocycles. The molecule has 3 heteroatoms. The van der Waals surface area contributed by atoms with Gasteiger partial charge in [0.05, 0.1) is 12.2 Å². The van der Waals surface area contributed by atoms with Crippen LogP contribution in [0.3, 0.4) is 0 Å². The molecule has 0 radical (unpaired) electrons. The number of rotatable bonds is 2. The first kappa shape index (κ1) is 9.23. The van der Waals surface area contributed by atoms with Gasteiger partial charge in [0.25, 0.3) is 0 Å². The number of hydrogen-bond donors (Lipinski definition) is 0. The van der Waals surface area contributed by atoms with Crippen molar-refractivity contribution < 1.29 is 14.3 Å². The predicted octanol–water partition coefficient (Wildman–Crippen LogP) is 1.53. The quantitative estimate of drug-likeness (QED) is 0.402. The van der Waals surface area contributed by atoms with Gasteiger partial charge >= 0.3 is 5.97 Å². The van der Waals surface area contributed by atoms with Crippen molar-refractivity contribution in [2.24, 2.45) is 23.7 Å². The summed E-state index contributed by atoms with van der Waals surface area (Å²) < 4.78 is 11.1. The summed E-state index contributed by atoms with van der Waals surface area (Å²) in [4.78, 5) is 11.2. The Labute approximate surface area is 94.8 Å². The maximum atomic E-state index is 11.2. The largest absolute Gasteiger partial charge is 0.459 e. The number of carbonyl (C=O) groups is 1. The normalized spacial score (nSPS) is 55.6. The van der Waals surface area contributed by atoms with Crippen LogP contribution in [0, 0.1) is 23.7 Å². The third-order valence-corrected chi connectivity index (χ3v) is 5.12. The van der Waals surface area contributed by atoms with Gasteiger partial charge in [-0.25, -0.2) is 4.79 Å². The first-order chi connectivity index (χ1) is 7.78. The van der Waals surface area contributed by atoms with Gasteiger partial charge in [0, 0.05) is 6.08 Å². The highest BCUT2D eigenvalue weighted by atomic mass is 16.6. The van der Waals surface area contributed by atoms with Crippen LogP contribution in [0.1, 0.15) is 19.3 Å². The monoisotopic (exact) mass is 220 g/mol. The lowest BCUT2D eigenvalue weighted by Crippen LogP contribution is -2.34. The van der Waals surface area contributed by atoms with E-state index in [0.29, 0.717) is 18.1 Å². The number of carbonyl (C=O) groups excluding carboxylic acids is 1. The Bertz CT molecular complexity index is 364. The van der Waals surface area contributed by atoms with E-state index >= 15 is 0 Å². The summed E-state index contributed by atoms with van der Waals surface area (Å²) in [5.74, 6) is 2.65. The molecular weight excluding hydrogens is 204 g/mol. The highest BCUT2D eigenvalue weighted by Crippen LogP contribution is 2.64. The summed E-state index contributed by atoms with van der Waals surface area (Å²) in [5, 5.41) is 0. The fourth-order valence-electron chi connectivity index (χ4n) is 4.60. The van der Waals surface area contributed by atoms with E-state index < -0.39 is 0 Å². The van der Waals surface area contributed by atoms with Crippen molar-refractivity contribution in [3.8, 4) is 0 Å². The third-order valence-electron chi connectivity index (χ3n) is 5.12. The van der Waals surface area contributed by atoms with Crippen molar-refractivity contribution in [1.29, 1.82) is 0 Å². The standard InChI is InChI=1S/C13H16O3/c1-2-11(14)15-9-4-6-3-7(9)8-5-10-13(16-10)12(6)8/h2,6-10,12-13H,1,3-5H2/t6?,7?,8?,9?,10?,12?,13-/m0/s1. The zero-order valence-corrected chi connectivity index (χ0v) is 9.17. The van der Waals surface area contributed by atoms with Crippen molar-refractivity contribution in [3.05, 3.63) is 12.7 Å². The molecule has 4 aliphatic rings. The van der Waals surface area contributed by atoms with Crippen LogP contribution in [0.25, 0.3) is 0 Å². The first-order valence-electron chi connectivity index (χ1n) is 6.26. The Morgan fingerprint density at radius 3 is 3.00 bits per heavy atom. The molecule has 0 spiro atoms. The van der Waals surface area contributed by atoms with Crippen LogP contribution in [0.5, 0.6) is 0 Å². The summed E-state index contributed by atoms with van der Waals surface area (Å²) >= 11 is 0. The van der Waals surface area contributed by atoms with E-state index in [4.69, 9.17) is 9.47 Å². The van der Waals surface area contributed by atoms with Gasteiger partial charge in [-0.3, -0.25) is 0 Å². The summed E-state index contributed by atoms with van der Waals surface area (Å²) in [6, 6.07) is 0. The molecule has 7 atom stereocenters. The Balaban J connectivity index is 1.51. The maximum absolute atomic E-state index is 11.2. The Hall–Kier alpha value is -0.830. The molecule has 1 heterocycles. The predicted molar refractivity (Wildman–Crippen MR) is 56.5 cm³/mol. The van der Waals surface area contributed by atoms with Gasteiger partial charge in [-0.05, 0) is 42.9 Å². The molecule has 0 aromatic heterocycles. The van der Waals surface area contributed by atoms with Crippen molar-refractivity contribution in [2.75, 3.05) is 0 Å². The van der Waals surface area contributed by atoms with Crippen LogP contribution in [0.2, 0.25) is 0 Å². The minimum absolute atomic E-state index is 0.161. The summed E-state index contributed by atoms with van der Waals surface area (Å²) in [6.07, 6.45) is 6.06. The molecule has 0 amide bonds. The van der Waals surface area contributed by atoms with Crippen molar-refractivity contribution in [3.63, 3.8) is 0 Å². The lowest BCUT2D eigenvalue weighted by molar-refractivity contribution is -0.147. The molecule has 4 fully saturated rings. The van der Waals surface area contributed by atoms with Crippen LogP contribution in [-0.2, 0) is 14.3 Å². The second kappa shape index (κ2) is 2.89. The molecule has 86 valence electrons. The van der Waals surface area contributed by atoms with Crippen LogP contribution < -0.4 is 0 Å². The average molecular weight is 220 g/mol. The summed E-state index contributed by atoms with van der Waals surface area (Å²) in [5.41, 5.74) is 0. The van der Waals surface area contributed by atoms with Crippen molar-refractivity contribution in [1.82, 2.24) is 0 Å². The van der Waals surface area contributed by atoms with Gasteiger partial charge in [-0.2, -0.15) is 0 Å². The minimum atomic E-state index is -0.256. The Kier molecular flexibility index (Phi) is 1.67. The zero-order chi connectivity index (χ0) is 10.9. The summed E-state index contributed by atoms with van der Waals surface area (Å²) in [7, 11) is 0. The van der Waals surface area contributed by atoms with E-state index in [1.807, 2.05) is 0 Å². The zero-order valence-electron chi connectivity index (χ0n) is 9.17. The number of esters is 1. The second-order valence-electron chi connectivity index (χ2n) is 5.69. The van der Waals surface area contributed by atoms with E-state index in [1.54, 1.807) is 0 Å². The molecule has 1 saturated heterocycles. The lowest BCUT2D eigenvalue weighted by atomic mass is 9.79. The van der Waals surface area contributed by atoms with E-state index in [9.17, 15) is 4.79 Å². The SMILES string of the molecule is C=CC(=O)OC1CC2CC1C1CC3O[C@@H]3C21. The van der Waals surface area contributed by atoms with Crippen molar-refractivity contribution >= 4 is 5.97 Å². The van der Waals surface area contributed by atoms with Crippen molar-refractivity contribution in [2.45, 2.75) is 37.6 Å². The van der Waals surface area contributed by atoms with Gasteiger partial charge in [-0.1, -0.05) is 6.58 Å². The topological polar surface area (TPSA) is 38.8 Å². The van der Waals surface area contributed by atoms with Gasteiger partial charge in [0.1, 0.15) is 6.10 Å².